The maximum Gasteiger partial charge on any atom is 0.161 e. The number of nitrogens with one attached hydrogen (secondary N) is 1. The summed E-state index contributed by atoms with van der Waals surface area (Å²) in [6.07, 6.45) is 3.24. The average molecular weight is 226 g/mol. The van der Waals surface area contributed by atoms with E-state index in [-0.39, 0.29) is 5.17 Å². The summed E-state index contributed by atoms with van der Waals surface area (Å²) >= 11 is 5.40. The number of ether oxygens (including phenoxy) is 2. The summed E-state index contributed by atoms with van der Waals surface area (Å²) in [5.41, 5.74) is 0.901. The first-order valence-corrected chi connectivity index (χ1v) is 4.69. The SMILES string of the molecule is COc1ccc(C=CC(=N)Cl)cc1OC. The molecule has 0 aromatic heterocycles. The summed E-state index contributed by atoms with van der Waals surface area (Å²) in [5.74, 6) is 1.33. The maximum atomic E-state index is 7.04. The molecule has 1 rings (SSSR count). The number of allylic oxidation sites excluding steroid dienone is 1. The number of methoxy groups -OCH3 is 2. The smallest absolute Gasteiger partial charge is 0.161 e. The Morgan fingerprint density at radius 3 is 2.47 bits per heavy atom. The fourth-order valence-electron chi connectivity index (χ4n) is 1.13. The van der Waals surface area contributed by atoms with Gasteiger partial charge in [0.25, 0.3) is 0 Å². The first-order chi connectivity index (χ1) is 7.17. The monoisotopic (exact) mass is 225 g/mol. The minimum atomic E-state index is -0.00946. The van der Waals surface area contributed by atoms with E-state index in [1.807, 2.05) is 12.1 Å². The van der Waals surface area contributed by atoms with E-state index in [2.05, 4.69) is 0 Å². The van der Waals surface area contributed by atoms with Crippen LogP contribution in [0.25, 0.3) is 6.08 Å². The summed E-state index contributed by atoms with van der Waals surface area (Å²) in [4.78, 5) is 0. The highest BCUT2D eigenvalue weighted by atomic mass is 35.5. The highest BCUT2D eigenvalue weighted by Gasteiger charge is 2.02. The summed E-state index contributed by atoms with van der Waals surface area (Å²) < 4.78 is 10.2. The summed E-state index contributed by atoms with van der Waals surface area (Å²) in [5, 5.41) is 7.03. The zero-order chi connectivity index (χ0) is 11.3. The largest absolute Gasteiger partial charge is 0.493 e. The van der Waals surface area contributed by atoms with Gasteiger partial charge in [-0.15, -0.1) is 0 Å². The molecule has 3 nitrogen and oxygen atoms in total. The Bertz CT molecular complexity index is 388. The highest BCUT2D eigenvalue weighted by molar-refractivity contribution is 6.67. The van der Waals surface area contributed by atoms with E-state index >= 15 is 0 Å². The van der Waals surface area contributed by atoms with Crippen LogP contribution >= 0.6 is 11.6 Å². The minimum absolute atomic E-state index is 0.00946. The second-order valence-corrected chi connectivity index (χ2v) is 3.20. The van der Waals surface area contributed by atoms with Gasteiger partial charge in [0.15, 0.2) is 11.5 Å². The maximum absolute atomic E-state index is 7.04. The van der Waals surface area contributed by atoms with Gasteiger partial charge in [0.05, 0.1) is 14.2 Å². The van der Waals surface area contributed by atoms with E-state index in [0.29, 0.717) is 11.5 Å². The van der Waals surface area contributed by atoms with Crippen molar-refractivity contribution in [2.24, 2.45) is 0 Å². The molecule has 0 aliphatic carbocycles. The molecule has 0 aliphatic heterocycles. The van der Waals surface area contributed by atoms with Crippen molar-refractivity contribution in [3.8, 4) is 11.5 Å². The molecule has 0 radical (unpaired) electrons. The molecule has 4 heteroatoms. The lowest BCUT2D eigenvalue weighted by Crippen LogP contribution is -1.90. The van der Waals surface area contributed by atoms with Crippen LogP contribution in [0.3, 0.4) is 0 Å². The molecule has 0 spiro atoms. The van der Waals surface area contributed by atoms with Gasteiger partial charge >= 0.3 is 0 Å². The van der Waals surface area contributed by atoms with Crippen LogP contribution < -0.4 is 9.47 Å². The van der Waals surface area contributed by atoms with Crippen LogP contribution in [0.4, 0.5) is 0 Å². The average Bonchev–Trinajstić information content (AvgIpc) is 2.25. The summed E-state index contributed by atoms with van der Waals surface area (Å²) in [7, 11) is 3.16. The van der Waals surface area contributed by atoms with Crippen LogP contribution in [-0.4, -0.2) is 19.4 Å². The Morgan fingerprint density at radius 1 is 1.27 bits per heavy atom. The van der Waals surface area contributed by atoms with Gasteiger partial charge in [-0.2, -0.15) is 0 Å². The van der Waals surface area contributed by atoms with Crippen molar-refractivity contribution in [2.45, 2.75) is 0 Å². The molecule has 0 saturated heterocycles. The van der Waals surface area contributed by atoms with Gasteiger partial charge in [-0.25, -0.2) is 0 Å². The molecule has 1 aromatic rings. The van der Waals surface area contributed by atoms with Crippen LogP contribution in [0.1, 0.15) is 5.56 Å². The predicted molar refractivity (Wildman–Crippen MR) is 62.2 cm³/mol. The van der Waals surface area contributed by atoms with E-state index < -0.39 is 0 Å². The third-order valence-corrected chi connectivity index (χ3v) is 1.96. The number of hydrogen-bond acceptors (Lipinski definition) is 3. The number of rotatable bonds is 4. The van der Waals surface area contributed by atoms with Gasteiger partial charge in [0.2, 0.25) is 0 Å². The number of halogens is 1. The van der Waals surface area contributed by atoms with Crippen molar-refractivity contribution < 1.29 is 9.47 Å². The quantitative estimate of drug-likeness (QED) is 0.801. The van der Waals surface area contributed by atoms with Gasteiger partial charge in [-0.1, -0.05) is 23.7 Å². The Kier molecular flexibility index (Phi) is 4.18. The van der Waals surface area contributed by atoms with Crippen molar-refractivity contribution in [1.29, 1.82) is 5.41 Å². The van der Waals surface area contributed by atoms with Gasteiger partial charge in [-0.05, 0) is 23.8 Å². The third kappa shape index (κ3) is 3.29. The second kappa shape index (κ2) is 5.41. The van der Waals surface area contributed by atoms with Crippen LogP contribution in [0.2, 0.25) is 0 Å². The van der Waals surface area contributed by atoms with E-state index in [9.17, 15) is 0 Å². The van der Waals surface area contributed by atoms with Gasteiger partial charge in [0.1, 0.15) is 5.17 Å². The number of hydrogen-bond donors (Lipinski definition) is 1. The molecule has 0 amide bonds. The molecule has 0 fully saturated rings. The fourth-order valence-corrected chi connectivity index (χ4v) is 1.19. The zero-order valence-electron chi connectivity index (χ0n) is 8.58. The predicted octanol–water partition coefficient (Wildman–Crippen LogP) is 2.93. The van der Waals surface area contributed by atoms with Crippen molar-refractivity contribution >= 4 is 22.8 Å². The van der Waals surface area contributed by atoms with Crippen LogP contribution in [0, 0.1) is 5.41 Å². The Balaban J connectivity index is 2.97. The van der Waals surface area contributed by atoms with Gasteiger partial charge in [0, 0.05) is 0 Å². The molecule has 0 aliphatic rings. The lowest BCUT2D eigenvalue weighted by atomic mass is 10.2. The summed E-state index contributed by atoms with van der Waals surface area (Å²) in [6.45, 7) is 0. The zero-order valence-corrected chi connectivity index (χ0v) is 9.34. The third-order valence-electron chi connectivity index (χ3n) is 1.83. The van der Waals surface area contributed by atoms with Crippen molar-refractivity contribution in [3.63, 3.8) is 0 Å². The fraction of sp³-hybridized carbons (Fsp3) is 0.182. The molecule has 0 unspecified atom stereocenters. The van der Waals surface area contributed by atoms with Gasteiger partial charge < -0.3 is 9.47 Å². The van der Waals surface area contributed by atoms with Crippen molar-refractivity contribution in [1.82, 2.24) is 0 Å². The lowest BCUT2D eigenvalue weighted by Gasteiger charge is -2.07. The van der Waals surface area contributed by atoms with Crippen LogP contribution in [0.5, 0.6) is 11.5 Å². The molecule has 0 saturated carbocycles. The van der Waals surface area contributed by atoms with Crippen molar-refractivity contribution in [3.05, 3.63) is 29.8 Å². The Labute approximate surface area is 93.8 Å². The minimum Gasteiger partial charge on any atom is -0.493 e. The second-order valence-electron chi connectivity index (χ2n) is 2.80. The Hall–Kier alpha value is -1.48. The van der Waals surface area contributed by atoms with Crippen LogP contribution in [0.15, 0.2) is 24.3 Å². The number of benzene rings is 1. The topological polar surface area (TPSA) is 42.3 Å². The first kappa shape index (κ1) is 11.6. The van der Waals surface area contributed by atoms with E-state index in [1.165, 1.54) is 6.08 Å². The molecule has 0 heterocycles. The molecule has 15 heavy (non-hydrogen) atoms. The molecule has 1 aromatic carbocycles. The molecule has 80 valence electrons. The van der Waals surface area contributed by atoms with Crippen LogP contribution in [-0.2, 0) is 0 Å². The standard InChI is InChI=1S/C11H12ClNO2/c1-14-9-5-3-8(4-6-11(12)13)7-10(9)15-2/h3-7,13H,1-2H3. The normalized spacial score (nSPS) is 10.3. The molecule has 0 bridgehead atoms. The Morgan fingerprint density at radius 2 is 1.93 bits per heavy atom. The van der Waals surface area contributed by atoms with E-state index in [4.69, 9.17) is 26.5 Å². The van der Waals surface area contributed by atoms with E-state index in [0.717, 1.165) is 5.56 Å². The van der Waals surface area contributed by atoms with Crippen molar-refractivity contribution in [2.75, 3.05) is 14.2 Å². The van der Waals surface area contributed by atoms with E-state index in [1.54, 1.807) is 26.4 Å². The summed E-state index contributed by atoms with van der Waals surface area (Å²) in [6, 6.07) is 5.48. The molecule has 0 atom stereocenters. The molecule has 1 N–H and O–H groups in total. The molecular weight excluding hydrogens is 214 g/mol. The molecular formula is C11H12ClNO2. The van der Waals surface area contributed by atoms with Gasteiger partial charge in [-0.3, -0.25) is 5.41 Å². The first-order valence-electron chi connectivity index (χ1n) is 4.31. The lowest BCUT2D eigenvalue weighted by molar-refractivity contribution is 0.355. The highest BCUT2D eigenvalue weighted by Crippen LogP contribution is 2.27.